The Morgan fingerprint density at radius 2 is 2.12 bits per heavy atom. The van der Waals surface area contributed by atoms with Gasteiger partial charge in [-0.2, -0.15) is 0 Å². The van der Waals surface area contributed by atoms with Crippen molar-refractivity contribution in [1.29, 1.82) is 0 Å². The van der Waals surface area contributed by atoms with Gasteiger partial charge >= 0.3 is 0 Å². The average molecular weight is 224 g/mol. The quantitative estimate of drug-likeness (QED) is 0.749. The van der Waals surface area contributed by atoms with E-state index in [9.17, 15) is 4.79 Å². The van der Waals surface area contributed by atoms with E-state index in [0.717, 1.165) is 25.9 Å². The van der Waals surface area contributed by atoms with Gasteiger partial charge in [-0.15, -0.1) is 0 Å². The molecular formula is C13H24N2O. The Hall–Kier alpha value is -0.570. The van der Waals surface area contributed by atoms with E-state index in [0.29, 0.717) is 12.0 Å². The molecule has 0 bridgehead atoms. The molecule has 16 heavy (non-hydrogen) atoms. The fourth-order valence-electron chi connectivity index (χ4n) is 2.88. The van der Waals surface area contributed by atoms with Crippen LogP contribution in [-0.2, 0) is 4.79 Å². The summed E-state index contributed by atoms with van der Waals surface area (Å²) in [4.78, 5) is 12.2. The van der Waals surface area contributed by atoms with Crippen molar-refractivity contribution in [2.45, 2.75) is 52.0 Å². The molecule has 0 spiro atoms. The zero-order valence-electron chi connectivity index (χ0n) is 10.5. The van der Waals surface area contributed by atoms with Gasteiger partial charge < -0.3 is 10.6 Å². The summed E-state index contributed by atoms with van der Waals surface area (Å²) in [5.74, 6) is 0.909. The van der Waals surface area contributed by atoms with Crippen molar-refractivity contribution < 1.29 is 4.79 Å². The van der Waals surface area contributed by atoms with Crippen LogP contribution in [0.2, 0.25) is 0 Å². The summed E-state index contributed by atoms with van der Waals surface area (Å²) in [6.45, 7) is 6.15. The van der Waals surface area contributed by atoms with E-state index >= 15 is 0 Å². The lowest BCUT2D eigenvalue weighted by atomic mass is 9.83. The third-order valence-electron chi connectivity index (χ3n) is 4.34. The minimum absolute atomic E-state index is 0.169. The van der Waals surface area contributed by atoms with E-state index < -0.39 is 0 Å². The fourth-order valence-corrected chi connectivity index (χ4v) is 2.88. The third-order valence-corrected chi connectivity index (χ3v) is 4.34. The number of carbonyl (C=O) groups excluding carboxylic acids is 1. The second kappa shape index (κ2) is 4.74. The summed E-state index contributed by atoms with van der Waals surface area (Å²) in [6, 6.07) is 0.415. The number of rotatable bonds is 2. The number of nitrogens with one attached hydrogen (secondary N) is 2. The lowest BCUT2D eigenvalue weighted by molar-refractivity contribution is -0.130. The molecule has 3 atom stereocenters. The molecule has 1 amide bonds. The van der Waals surface area contributed by atoms with Crippen LogP contribution < -0.4 is 10.6 Å². The van der Waals surface area contributed by atoms with Gasteiger partial charge in [-0.1, -0.05) is 19.8 Å². The van der Waals surface area contributed by atoms with E-state index in [4.69, 9.17) is 0 Å². The van der Waals surface area contributed by atoms with E-state index in [1.165, 1.54) is 19.3 Å². The molecule has 0 aromatic rings. The van der Waals surface area contributed by atoms with Crippen LogP contribution in [-0.4, -0.2) is 25.0 Å². The van der Waals surface area contributed by atoms with Crippen LogP contribution in [0, 0.1) is 11.3 Å². The Kier molecular flexibility index (Phi) is 3.53. The van der Waals surface area contributed by atoms with Crippen LogP contribution in [0.3, 0.4) is 0 Å². The Labute approximate surface area is 98.4 Å². The minimum Gasteiger partial charge on any atom is -0.353 e. The Morgan fingerprint density at radius 3 is 2.75 bits per heavy atom. The van der Waals surface area contributed by atoms with E-state index in [2.05, 4.69) is 24.5 Å². The van der Waals surface area contributed by atoms with E-state index in [1.54, 1.807) is 0 Å². The molecule has 0 aromatic heterocycles. The second-order valence-corrected chi connectivity index (χ2v) is 5.83. The first-order chi connectivity index (χ1) is 7.62. The maximum atomic E-state index is 12.2. The normalized spacial score (nSPS) is 39.6. The van der Waals surface area contributed by atoms with Gasteiger partial charge in [0.2, 0.25) is 5.91 Å². The van der Waals surface area contributed by atoms with Crippen molar-refractivity contribution in [2.24, 2.45) is 11.3 Å². The van der Waals surface area contributed by atoms with Crippen LogP contribution in [0.4, 0.5) is 0 Å². The zero-order chi connectivity index (χ0) is 11.6. The molecule has 0 radical (unpaired) electrons. The van der Waals surface area contributed by atoms with Crippen molar-refractivity contribution in [3.63, 3.8) is 0 Å². The standard InChI is InChI=1S/C13H24N2O/c1-10-5-3-4-6-11(10)15-12(16)13(2)7-8-14-9-13/h10-11,14H,3-9H2,1-2H3,(H,15,16). The topological polar surface area (TPSA) is 41.1 Å². The first-order valence-corrected chi connectivity index (χ1v) is 6.63. The van der Waals surface area contributed by atoms with E-state index in [-0.39, 0.29) is 11.3 Å². The summed E-state index contributed by atoms with van der Waals surface area (Å²) >= 11 is 0. The summed E-state index contributed by atoms with van der Waals surface area (Å²) in [6.07, 6.45) is 5.99. The first-order valence-electron chi connectivity index (χ1n) is 6.63. The smallest absolute Gasteiger partial charge is 0.227 e. The van der Waals surface area contributed by atoms with Gasteiger partial charge in [-0.25, -0.2) is 0 Å². The molecule has 2 N–H and O–H groups in total. The molecule has 1 saturated carbocycles. The van der Waals surface area contributed by atoms with E-state index in [1.807, 2.05) is 0 Å². The molecule has 1 saturated heterocycles. The van der Waals surface area contributed by atoms with Crippen molar-refractivity contribution >= 4 is 5.91 Å². The molecule has 3 unspecified atom stereocenters. The molecule has 2 fully saturated rings. The van der Waals surface area contributed by atoms with Gasteiger partial charge in [-0.3, -0.25) is 4.79 Å². The Morgan fingerprint density at radius 1 is 1.38 bits per heavy atom. The zero-order valence-corrected chi connectivity index (χ0v) is 10.5. The molecule has 1 aliphatic carbocycles. The molecule has 3 heteroatoms. The van der Waals surface area contributed by atoms with Gasteiger partial charge in [-0.05, 0) is 38.6 Å². The van der Waals surface area contributed by atoms with Crippen molar-refractivity contribution in [3.05, 3.63) is 0 Å². The molecule has 92 valence electrons. The largest absolute Gasteiger partial charge is 0.353 e. The number of carbonyl (C=O) groups is 1. The second-order valence-electron chi connectivity index (χ2n) is 5.83. The molecule has 3 nitrogen and oxygen atoms in total. The summed E-state index contributed by atoms with van der Waals surface area (Å²) in [5, 5.41) is 6.55. The van der Waals surface area contributed by atoms with Gasteiger partial charge in [0.1, 0.15) is 0 Å². The Balaban J connectivity index is 1.90. The highest BCUT2D eigenvalue weighted by atomic mass is 16.2. The van der Waals surface area contributed by atoms with Crippen LogP contribution in [0.5, 0.6) is 0 Å². The molecular weight excluding hydrogens is 200 g/mol. The number of hydrogen-bond acceptors (Lipinski definition) is 2. The van der Waals surface area contributed by atoms with Gasteiger partial charge in [0.15, 0.2) is 0 Å². The SMILES string of the molecule is CC1CCCCC1NC(=O)C1(C)CCNC1. The maximum Gasteiger partial charge on any atom is 0.227 e. The minimum atomic E-state index is -0.169. The Bertz CT molecular complexity index is 259. The molecule has 2 aliphatic rings. The monoisotopic (exact) mass is 224 g/mol. The molecule has 0 aromatic carbocycles. The predicted octanol–water partition coefficient (Wildman–Crippen LogP) is 1.68. The summed E-state index contributed by atoms with van der Waals surface area (Å²) < 4.78 is 0. The highest BCUT2D eigenvalue weighted by Crippen LogP contribution is 2.28. The van der Waals surface area contributed by atoms with Crippen molar-refractivity contribution in [3.8, 4) is 0 Å². The third kappa shape index (κ3) is 2.40. The molecule has 1 aliphatic heterocycles. The lowest BCUT2D eigenvalue weighted by Crippen LogP contribution is -2.48. The molecule has 1 heterocycles. The highest BCUT2D eigenvalue weighted by molar-refractivity contribution is 5.83. The van der Waals surface area contributed by atoms with Gasteiger partial charge in [0.25, 0.3) is 0 Å². The van der Waals surface area contributed by atoms with Gasteiger partial charge in [0, 0.05) is 12.6 Å². The van der Waals surface area contributed by atoms with Crippen LogP contribution >= 0.6 is 0 Å². The predicted molar refractivity (Wildman–Crippen MR) is 65.2 cm³/mol. The first kappa shape index (κ1) is 11.9. The average Bonchev–Trinajstić information content (AvgIpc) is 2.70. The lowest BCUT2D eigenvalue weighted by Gasteiger charge is -2.32. The van der Waals surface area contributed by atoms with Crippen molar-refractivity contribution in [2.75, 3.05) is 13.1 Å². The fraction of sp³-hybridized carbons (Fsp3) is 0.923. The number of hydrogen-bond donors (Lipinski definition) is 2. The van der Waals surface area contributed by atoms with Crippen LogP contribution in [0.25, 0.3) is 0 Å². The summed E-state index contributed by atoms with van der Waals surface area (Å²) in [7, 11) is 0. The van der Waals surface area contributed by atoms with Gasteiger partial charge in [0.05, 0.1) is 5.41 Å². The maximum absolute atomic E-state index is 12.2. The van der Waals surface area contributed by atoms with Crippen LogP contribution in [0.1, 0.15) is 46.0 Å². The van der Waals surface area contributed by atoms with Crippen LogP contribution in [0.15, 0.2) is 0 Å². The molecule has 2 rings (SSSR count). The summed E-state index contributed by atoms with van der Waals surface area (Å²) in [5.41, 5.74) is -0.169. The van der Waals surface area contributed by atoms with Crippen molar-refractivity contribution in [1.82, 2.24) is 10.6 Å². The number of amides is 1. The highest BCUT2D eigenvalue weighted by Gasteiger charge is 2.37.